The Kier molecular flexibility index (Phi) is 8.17. The van der Waals surface area contributed by atoms with Crippen LogP contribution in [0.4, 0.5) is 0 Å². The van der Waals surface area contributed by atoms with E-state index >= 15 is 0 Å². The minimum absolute atomic E-state index is 0.0358. The second kappa shape index (κ2) is 12.1. The van der Waals surface area contributed by atoms with E-state index in [0.29, 0.717) is 41.0 Å². The molecule has 0 aliphatic heterocycles. The molecule has 5 aromatic rings. The maximum atomic E-state index is 12.6. The number of methoxy groups -OCH3 is 1. The van der Waals surface area contributed by atoms with Crippen molar-refractivity contribution in [3.8, 4) is 16.9 Å². The zero-order valence-corrected chi connectivity index (χ0v) is 24.0. The van der Waals surface area contributed by atoms with Crippen molar-refractivity contribution >= 4 is 34.6 Å². The molecule has 1 aromatic heterocycles. The van der Waals surface area contributed by atoms with Gasteiger partial charge in [-0.05, 0) is 94.9 Å². The lowest BCUT2D eigenvalue weighted by Crippen LogP contribution is -2.18. The van der Waals surface area contributed by atoms with Crippen molar-refractivity contribution in [1.29, 1.82) is 5.41 Å². The summed E-state index contributed by atoms with van der Waals surface area (Å²) in [7, 11) is 3.00. The number of amides is 1. The number of amidine groups is 1. The fourth-order valence-corrected chi connectivity index (χ4v) is 5.29. The third-order valence-electron chi connectivity index (χ3n) is 7.56. The number of ether oxygens (including phenoxy) is 1. The van der Waals surface area contributed by atoms with Crippen molar-refractivity contribution in [2.24, 2.45) is 5.73 Å². The highest BCUT2D eigenvalue weighted by molar-refractivity contribution is 6.01. The zero-order valence-electron chi connectivity index (χ0n) is 24.0. The third-order valence-corrected chi connectivity index (χ3v) is 7.56. The average Bonchev–Trinajstić information content (AvgIpc) is 3.36. The first-order chi connectivity index (χ1) is 21.1. The first kappa shape index (κ1) is 29.6. The number of carboxylic acid groups (broad SMARTS) is 2. The molecule has 0 atom stereocenters. The number of rotatable bonds is 10. The summed E-state index contributed by atoms with van der Waals surface area (Å²) in [4.78, 5) is 36.2. The molecule has 44 heavy (non-hydrogen) atoms. The first-order valence-electron chi connectivity index (χ1n) is 13.6. The van der Waals surface area contributed by atoms with Gasteiger partial charge in [-0.25, -0.2) is 9.59 Å². The molecule has 1 amide bonds. The molecule has 0 saturated heterocycles. The highest BCUT2D eigenvalue weighted by atomic mass is 16.5. The summed E-state index contributed by atoms with van der Waals surface area (Å²) in [5.74, 6) is -2.10. The van der Waals surface area contributed by atoms with Crippen molar-refractivity contribution in [1.82, 2.24) is 9.88 Å². The van der Waals surface area contributed by atoms with E-state index in [0.717, 1.165) is 27.6 Å². The topological polar surface area (TPSA) is 168 Å². The van der Waals surface area contributed by atoms with Gasteiger partial charge >= 0.3 is 11.9 Å². The molecule has 0 bridgehead atoms. The number of benzene rings is 4. The SMILES string of the molecule is CNC(=O)c1ccc(Cn2cc(Cc3ccc(C(=O)O)cc3)c3cc(C(=N)N)ccc32)c(-c2ccc(OC)cc2C(=O)O)c1. The molecule has 6 N–H and O–H groups in total. The number of carboxylic acids is 2. The van der Waals surface area contributed by atoms with Gasteiger partial charge in [0.05, 0.1) is 18.2 Å². The van der Waals surface area contributed by atoms with Crippen LogP contribution in [0.5, 0.6) is 5.75 Å². The Labute approximate surface area is 252 Å². The van der Waals surface area contributed by atoms with E-state index < -0.39 is 11.9 Å². The number of carbonyl (C=O) groups excluding carboxylic acids is 1. The van der Waals surface area contributed by atoms with Gasteiger partial charge in [0.15, 0.2) is 0 Å². The number of nitrogen functional groups attached to an aromatic ring is 1. The minimum atomic E-state index is -1.13. The summed E-state index contributed by atoms with van der Waals surface area (Å²) in [6.07, 6.45) is 2.48. The molecule has 0 unspecified atom stereocenters. The van der Waals surface area contributed by atoms with Crippen LogP contribution in [0.2, 0.25) is 0 Å². The molecule has 10 heteroatoms. The van der Waals surface area contributed by atoms with Crippen LogP contribution < -0.4 is 15.8 Å². The molecule has 0 spiro atoms. The summed E-state index contributed by atoms with van der Waals surface area (Å²) in [5.41, 5.74) is 11.5. The average molecular weight is 591 g/mol. The molecular formula is C34H30N4O6. The van der Waals surface area contributed by atoms with Crippen molar-refractivity contribution in [2.75, 3.05) is 14.2 Å². The van der Waals surface area contributed by atoms with Crippen LogP contribution >= 0.6 is 0 Å². The Hall–Kier alpha value is -5.90. The maximum absolute atomic E-state index is 12.6. The van der Waals surface area contributed by atoms with Crippen molar-refractivity contribution in [3.05, 3.63) is 124 Å². The molecule has 10 nitrogen and oxygen atoms in total. The number of nitrogens with one attached hydrogen (secondary N) is 2. The van der Waals surface area contributed by atoms with Gasteiger partial charge < -0.3 is 30.6 Å². The van der Waals surface area contributed by atoms with Gasteiger partial charge in [0.2, 0.25) is 0 Å². The Morgan fingerprint density at radius 3 is 2.18 bits per heavy atom. The molecule has 0 saturated carbocycles. The van der Waals surface area contributed by atoms with Crippen LogP contribution in [0.25, 0.3) is 22.0 Å². The molecule has 0 aliphatic carbocycles. The number of aromatic carboxylic acids is 2. The predicted octanol–water partition coefficient (Wildman–Crippen LogP) is 5.00. The van der Waals surface area contributed by atoms with Crippen LogP contribution in [0.1, 0.15) is 53.3 Å². The normalized spacial score (nSPS) is 10.9. The van der Waals surface area contributed by atoms with Crippen LogP contribution in [-0.4, -0.2) is 52.6 Å². The number of hydrogen-bond acceptors (Lipinski definition) is 5. The fourth-order valence-electron chi connectivity index (χ4n) is 5.29. The lowest BCUT2D eigenvalue weighted by atomic mass is 9.93. The van der Waals surface area contributed by atoms with E-state index in [2.05, 4.69) is 5.32 Å². The fraction of sp³-hybridized carbons (Fsp3) is 0.118. The molecule has 5 rings (SSSR count). The van der Waals surface area contributed by atoms with Gasteiger partial charge in [0.25, 0.3) is 5.91 Å². The number of carbonyl (C=O) groups is 3. The molecule has 222 valence electrons. The Bertz CT molecular complexity index is 1940. The van der Waals surface area contributed by atoms with Gasteiger partial charge in [-0.3, -0.25) is 10.2 Å². The van der Waals surface area contributed by atoms with Gasteiger partial charge in [0, 0.05) is 41.8 Å². The summed E-state index contributed by atoms with van der Waals surface area (Å²) < 4.78 is 7.29. The molecule has 0 fully saturated rings. The highest BCUT2D eigenvalue weighted by Crippen LogP contribution is 2.33. The summed E-state index contributed by atoms with van der Waals surface area (Å²) in [6.45, 7) is 0.336. The molecule has 0 radical (unpaired) electrons. The monoisotopic (exact) mass is 590 g/mol. The third kappa shape index (κ3) is 5.86. The molecule has 4 aromatic carbocycles. The van der Waals surface area contributed by atoms with Gasteiger partial charge in [-0.15, -0.1) is 0 Å². The van der Waals surface area contributed by atoms with Gasteiger partial charge in [-0.1, -0.05) is 18.2 Å². The summed E-state index contributed by atoms with van der Waals surface area (Å²) in [5, 5.41) is 30.8. The highest BCUT2D eigenvalue weighted by Gasteiger charge is 2.19. The predicted molar refractivity (Wildman–Crippen MR) is 167 cm³/mol. The van der Waals surface area contributed by atoms with E-state index in [1.165, 1.54) is 20.2 Å². The Morgan fingerprint density at radius 2 is 1.55 bits per heavy atom. The Balaban J connectivity index is 1.65. The largest absolute Gasteiger partial charge is 0.497 e. The Morgan fingerprint density at radius 1 is 0.841 bits per heavy atom. The first-order valence-corrected chi connectivity index (χ1v) is 13.6. The van der Waals surface area contributed by atoms with E-state index in [1.54, 1.807) is 54.6 Å². The smallest absolute Gasteiger partial charge is 0.336 e. The van der Waals surface area contributed by atoms with Crippen molar-refractivity contribution < 1.29 is 29.3 Å². The van der Waals surface area contributed by atoms with E-state index in [9.17, 15) is 24.6 Å². The number of nitrogens with two attached hydrogens (primary N) is 1. The van der Waals surface area contributed by atoms with Crippen molar-refractivity contribution in [3.63, 3.8) is 0 Å². The number of nitrogens with zero attached hydrogens (tertiary/aromatic N) is 1. The van der Waals surface area contributed by atoms with Crippen molar-refractivity contribution in [2.45, 2.75) is 13.0 Å². The second-order valence-corrected chi connectivity index (χ2v) is 10.3. The maximum Gasteiger partial charge on any atom is 0.336 e. The summed E-state index contributed by atoms with van der Waals surface area (Å²) in [6, 6.07) is 22.2. The standard InChI is InChI=1S/C34H30N4O6/c1-37-32(39)22-7-8-23(27(15-22)26-11-10-25(44-2)16-29(26)34(42)43)17-38-18-24(13-19-3-5-20(6-4-19)33(40)41)28-14-21(31(35)36)9-12-30(28)38/h3-12,14-16,18H,13,17H2,1-2H3,(H3,35,36)(H,37,39)(H,40,41)(H,42,43). The van der Waals surface area contributed by atoms with E-state index in [1.807, 2.05) is 29.0 Å². The number of aromatic nitrogens is 1. The molecule has 1 heterocycles. The van der Waals surface area contributed by atoms with E-state index in [-0.39, 0.29) is 22.9 Å². The molecule has 0 aliphatic rings. The van der Waals surface area contributed by atoms with Gasteiger partial charge in [0.1, 0.15) is 11.6 Å². The van der Waals surface area contributed by atoms with Crippen LogP contribution in [0.15, 0.2) is 85.1 Å². The minimum Gasteiger partial charge on any atom is -0.497 e. The van der Waals surface area contributed by atoms with Crippen LogP contribution in [0, 0.1) is 5.41 Å². The van der Waals surface area contributed by atoms with Crippen LogP contribution in [0.3, 0.4) is 0 Å². The van der Waals surface area contributed by atoms with E-state index in [4.69, 9.17) is 15.9 Å². The molecular weight excluding hydrogens is 560 g/mol. The second-order valence-electron chi connectivity index (χ2n) is 10.3. The summed E-state index contributed by atoms with van der Waals surface area (Å²) >= 11 is 0. The number of fused-ring (bicyclic) bond motifs is 1. The van der Waals surface area contributed by atoms with Crippen LogP contribution in [-0.2, 0) is 13.0 Å². The lowest BCUT2D eigenvalue weighted by Gasteiger charge is -2.16. The van der Waals surface area contributed by atoms with Gasteiger partial charge in [-0.2, -0.15) is 0 Å². The quantitative estimate of drug-likeness (QED) is 0.113. The number of hydrogen-bond donors (Lipinski definition) is 5. The lowest BCUT2D eigenvalue weighted by molar-refractivity contribution is 0.0686. The zero-order chi connectivity index (χ0) is 31.5.